The average molecular weight is 233 g/mol. The van der Waals surface area contributed by atoms with Crippen molar-refractivity contribution in [2.45, 2.75) is 0 Å². The van der Waals surface area contributed by atoms with E-state index >= 15 is 0 Å². The van der Waals surface area contributed by atoms with Crippen molar-refractivity contribution in [1.82, 2.24) is 0 Å². The molecule has 0 aliphatic carbocycles. The van der Waals surface area contributed by atoms with Gasteiger partial charge in [0.05, 0.1) is 0 Å². The van der Waals surface area contributed by atoms with E-state index in [0.29, 0.717) is 5.56 Å². The number of aromatic hydroxyl groups is 1. The molecule has 0 aliphatic rings. The maximum Gasteiger partial charge on any atom is 0.149 e. The highest BCUT2D eigenvalue weighted by atomic mass is 19.1. The Morgan fingerprint density at radius 2 is 1.82 bits per heavy atom. The summed E-state index contributed by atoms with van der Waals surface area (Å²) in [5.74, 6) is -1.14. The predicted molar refractivity (Wildman–Crippen MR) is 61.7 cm³/mol. The Bertz CT molecular complexity index is 567. The van der Waals surface area contributed by atoms with E-state index in [4.69, 9.17) is 0 Å². The minimum Gasteiger partial charge on any atom is -0.507 e. The van der Waals surface area contributed by atoms with Gasteiger partial charge in [0, 0.05) is 17.8 Å². The molecule has 2 aromatic carbocycles. The molecule has 0 fully saturated rings. The first kappa shape index (κ1) is 11.3. The van der Waals surface area contributed by atoms with Crippen molar-refractivity contribution in [2.24, 2.45) is 4.99 Å². The van der Waals surface area contributed by atoms with Crippen LogP contribution in [-0.2, 0) is 0 Å². The van der Waals surface area contributed by atoms with Crippen LogP contribution in [0, 0.1) is 11.6 Å². The molecule has 17 heavy (non-hydrogen) atoms. The first-order valence-corrected chi connectivity index (χ1v) is 4.94. The fourth-order valence-corrected chi connectivity index (χ4v) is 1.32. The van der Waals surface area contributed by atoms with Crippen molar-refractivity contribution in [2.75, 3.05) is 0 Å². The summed E-state index contributed by atoms with van der Waals surface area (Å²) >= 11 is 0. The van der Waals surface area contributed by atoms with Crippen molar-refractivity contribution >= 4 is 11.9 Å². The lowest BCUT2D eigenvalue weighted by Gasteiger charge is -1.98. The number of aliphatic imine (C=N–C) groups is 1. The zero-order valence-electron chi connectivity index (χ0n) is 8.77. The lowest BCUT2D eigenvalue weighted by atomic mass is 10.2. The largest absolute Gasteiger partial charge is 0.507 e. The van der Waals surface area contributed by atoms with Crippen LogP contribution in [0.25, 0.3) is 0 Å². The molecule has 2 aromatic rings. The number of hydrogen-bond donors (Lipinski definition) is 1. The van der Waals surface area contributed by atoms with E-state index in [9.17, 15) is 13.9 Å². The third kappa shape index (κ3) is 2.66. The zero-order chi connectivity index (χ0) is 12.3. The molecule has 1 N–H and O–H groups in total. The molecule has 0 saturated carbocycles. The van der Waals surface area contributed by atoms with E-state index in [1.165, 1.54) is 12.3 Å². The van der Waals surface area contributed by atoms with E-state index < -0.39 is 11.6 Å². The highest BCUT2D eigenvalue weighted by Crippen LogP contribution is 2.20. The maximum atomic E-state index is 13.2. The third-order valence-corrected chi connectivity index (χ3v) is 2.19. The zero-order valence-corrected chi connectivity index (χ0v) is 8.77. The highest BCUT2D eigenvalue weighted by molar-refractivity contribution is 5.85. The third-order valence-electron chi connectivity index (χ3n) is 2.19. The quantitative estimate of drug-likeness (QED) is 0.792. The second-order valence-corrected chi connectivity index (χ2v) is 3.41. The molecule has 4 heteroatoms. The first-order valence-electron chi connectivity index (χ1n) is 4.94. The van der Waals surface area contributed by atoms with E-state index in [0.717, 1.165) is 18.2 Å². The number of halogens is 2. The first-order chi connectivity index (χ1) is 8.16. The molecule has 0 aliphatic heterocycles. The average Bonchev–Trinajstić information content (AvgIpc) is 2.32. The van der Waals surface area contributed by atoms with Crippen molar-refractivity contribution in [3.63, 3.8) is 0 Å². The van der Waals surface area contributed by atoms with Gasteiger partial charge in [-0.15, -0.1) is 0 Å². The molecule has 0 aromatic heterocycles. The second-order valence-electron chi connectivity index (χ2n) is 3.41. The molecule has 0 bridgehead atoms. The van der Waals surface area contributed by atoms with Gasteiger partial charge >= 0.3 is 0 Å². The number of nitrogens with zero attached hydrogens (tertiary/aromatic N) is 1. The fraction of sp³-hybridized carbons (Fsp3) is 0. The molecular formula is C13H9F2NO. The number of phenols is 1. The number of hydrogen-bond acceptors (Lipinski definition) is 2. The van der Waals surface area contributed by atoms with Gasteiger partial charge < -0.3 is 5.11 Å². The molecule has 0 radical (unpaired) electrons. The number of benzene rings is 2. The van der Waals surface area contributed by atoms with Gasteiger partial charge in [0.25, 0.3) is 0 Å². The summed E-state index contributed by atoms with van der Waals surface area (Å²) in [6.45, 7) is 0. The monoisotopic (exact) mass is 233 g/mol. The van der Waals surface area contributed by atoms with Gasteiger partial charge in [-0.2, -0.15) is 0 Å². The van der Waals surface area contributed by atoms with Gasteiger partial charge in [-0.3, -0.25) is 4.99 Å². The summed E-state index contributed by atoms with van der Waals surface area (Å²) in [7, 11) is 0. The SMILES string of the molecule is Oc1ccccc1C=Nc1cc(F)ccc1F. The highest BCUT2D eigenvalue weighted by Gasteiger charge is 2.02. The summed E-state index contributed by atoms with van der Waals surface area (Å²) in [5, 5.41) is 9.45. The summed E-state index contributed by atoms with van der Waals surface area (Å²) in [6, 6.07) is 9.50. The van der Waals surface area contributed by atoms with Gasteiger partial charge in [-0.05, 0) is 24.3 Å². The van der Waals surface area contributed by atoms with E-state index in [1.54, 1.807) is 18.2 Å². The normalized spacial score (nSPS) is 10.9. The summed E-state index contributed by atoms with van der Waals surface area (Å²) in [4.78, 5) is 3.80. The summed E-state index contributed by atoms with van der Waals surface area (Å²) in [5.41, 5.74) is 0.337. The Morgan fingerprint density at radius 3 is 2.59 bits per heavy atom. The number of rotatable bonds is 2. The molecule has 86 valence electrons. The van der Waals surface area contributed by atoms with Crippen molar-refractivity contribution in [1.29, 1.82) is 0 Å². The smallest absolute Gasteiger partial charge is 0.149 e. The Balaban J connectivity index is 2.32. The minimum absolute atomic E-state index is 0.0352. The van der Waals surface area contributed by atoms with E-state index in [1.807, 2.05) is 0 Å². The van der Waals surface area contributed by atoms with Crippen LogP contribution in [0.4, 0.5) is 14.5 Å². The van der Waals surface area contributed by atoms with Gasteiger partial charge in [-0.25, -0.2) is 8.78 Å². The van der Waals surface area contributed by atoms with E-state index in [2.05, 4.69) is 4.99 Å². The Hall–Kier alpha value is -2.23. The van der Waals surface area contributed by atoms with Crippen LogP contribution in [0.3, 0.4) is 0 Å². The molecule has 0 amide bonds. The molecule has 0 spiro atoms. The van der Waals surface area contributed by atoms with Gasteiger partial charge in [0.15, 0.2) is 0 Å². The van der Waals surface area contributed by atoms with Crippen molar-refractivity contribution < 1.29 is 13.9 Å². The summed E-state index contributed by atoms with van der Waals surface area (Å²) in [6.07, 6.45) is 1.28. The Kier molecular flexibility index (Phi) is 3.14. The molecular weight excluding hydrogens is 224 g/mol. The molecule has 0 unspecified atom stereocenters. The van der Waals surface area contributed by atoms with Crippen LogP contribution in [0.1, 0.15) is 5.56 Å². The Morgan fingerprint density at radius 1 is 1.06 bits per heavy atom. The lowest BCUT2D eigenvalue weighted by Crippen LogP contribution is -1.83. The Labute approximate surface area is 96.9 Å². The van der Waals surface area contributed by atoms with Crippen LogP contribution in [0.15, 0.2) is 47.5 Å². The van der Waals surface area contributed by atoms with Crippen molar-refractivity contribution in [3.05, 3.63) is 59.7 Å². The summed E-state index contributed by atoms with van der Waals surface area (Å²) < 4.78 is 26.1. The van der Waals surface area contributed by atoms with Gasteiger partial charge in [-0.1, -0.05) is 12.1 Å². The predicted octanol–water partition coefficient (Wildman–Crippen LogP) is 3.42. The number of para-hydroxylation sites is 1. The molecule has 0 atom stereocenters. The lowest BCUT2D eigenvalue weighted by molar-refractivity contribution is 0.474. The second kappa shape index (κ2) is 4.74. The molecule has 0 saturated heterocycles. The van der Waals surface area contributed by atoms with Crippen LogP contribution < -0.4 is 0 Å². The molecule has 2 nitrogen and oxygen atoms in total. The van der Waals surface area contributed by atoms with E-state index in [-0.39, 0.29) is 11.4 Å². The fourth-order valence-electron chi connectivity index (χ4n) is 1.32. The van der Waals surface area contributed by atoms with Crippen LogP contribution in [-0.4, -0.2) is 11.3 Å². The van der Waals surface area contributed by atoms with Gasteiger partial charge in [0.1, 0.15) is 23.1 Å². The maximum absolute atomic E-state index is 13.2. The minimum atomic E-state index is -0.613. The topological polar surface area (TPSA) is 32.6 Å². The number of phenolic OH excluding ortho intramolecular Hbond substituents is 1. The molecule has 0 heterocycles. The van der Waals surface area contributed by atoms with Gasteiger partial charge in [0.2, 0.25) is 0 Å². The standard InChI is InChI=1S/C13H9F2NO/c14-10-5-6-11(15)12(7-10)16-8-9-3-1-2-4-13(9)17/h1-8,17H. The van der Waals surface area contributed by atoms with Crippen LogP contribution >= 0.6 is 0 Å². The molecule has 2 rings (SSSR count). The van der Waals surface area contributed by atoms with Crippen LogP contribution in [0.2, 0.25) is 0 Å². The van der Waals surface area contributed by atoms with Crippen molar-refractivity contribution in [3.8, 4) is 5.75 Å². The van der Waals surface area contributed by atoms with Crippen LogP contribution in [0.5, 0.6) is 5.75 Å².